The van der Waals surface area contributed by atoms with Crippen LogP contribution in [0, 0.1) is 11.3 Å². The van der Waals surface area contributed by atoms with Crippen molar-refractivity contribution in [1.82, 2.24) is 10.1 Å². The summed E-state index contributed by atoms with van der Waals surface area (Å²) in [6, 6.07) is 8.58. The second-order valence-corrected chi connectivity index (χ2v) is 7.11. The van der Waals surface area contributed by atoms with Crippen molar-refractivity contribution in [1.29, 1.82) is 5.26 Å². The van der Waals surface area contributed by atoms with E-state index in [1.807, 2.05) is 0 Å². The second kappa shape index (κ2) is 4.86. The number of hydrogen-bond acceptors (Lipinski definition) is 5. The van der Waals surface area contributed by atoms with Gasteiger partial charge in [0.2, 0.25) is 0 Å². The van der Waals surface area contributed by atoms with Crippen LogP contribution in [0.5, 0.6) is 0 Å². The molecule has 116 valence electrons. The van der Waals surface area contributed by atoms with Crippen molar-refractivity contribution in [2.45, 2.75) is 23.9 Å². The monoisotopic (exact) mass is 328 g/mol. The van der Waals surface area contributed by atoms with E-state index < -0.39 is 10.0 Å². The highest BCUT2D eigenvalue weighted by Gasteiger charge is 2.30. The molecular weight excluding hydrogens is 316 g/mol. The first-order valence-electron chi connectivity index (χ1n) is 7.08. The SMILES string of the molecule is N#Cc1c[nH]c2c(NS(=O)(=O)c3cc(C4CC4)no3)cccc12. The third-order valence-corrected chi connectivity index (χ3v) is 5.06. The predicted molar refractivity (Wildman–Crippen MR) is 82.3 cm³/mol. The molecule has 1 fully saturated rings. The Kier molecular flexibility index (Phi) is 2.92. The maximum atomic E-state index is 12.5. The molecule has 0 aliphatic heterocycles. The molecule has 1 aliphatic rings. The molecule has 0 unspecified atom stereocenters. The Morgan fingerprint density at radius 3 is 2.96 bits per heavy atom. The molecule has 1 aromatic carbocycles. The van der Waals surface area contributed by atoms with E-state index >= 15 is 0 Å². The van der Waals surface area contributed by atoms with E-state index in [9.17, 15) is 8.42 Å². The molecule has 2 N–H and O–H groups in total. The highest BCUT2D eigenvalue weighted by atomic mass is 32.2. The van der Waals surface area contributed by atoms with Gasteiger partial charge >= 0.3 is 0 Å². The fraction of sp³-hybridized carbons (Fsp3) is 0.200. The zero-order valence-corrected chi connectivity index (χ0v) is 12.7. The van der Waals surface area contributed by atoms with E-state index in [0.29, 0.717) is 33.8 Å². The number of nitriles is 1. The van der Waals surface area contributed by atoms with Crippen LogP contribution < -0.4 is 4.72 Å². The van der Waals surface area contributed by atoms with Crippen molar-refractivity contribution < 1.29 is 12.9 Å². The van der Waals surface area contributed by atoms with Crippen LogP contribution in [0.15, 0.2) is 40.1 Å². The minimum atomic E-state index is -3.87. The normalized spacial score (nSPS) is 14.7. The van der Waals surface area contributed by atoms with Crippen molar-refractivity contribution in [3.8, 4) is 6.07 Å². The smallest absolute Gasteiger partial charge is 0.298 e. The van der Waals surface area contributed by atoms with Gasteiger partial charge in [-0.05, 0) is 18.9 Å². The lowest BCUT2D eigenvalue weighted by atomic mass is 10.2. The van der Waals surface area contributed by atoms with Gasteiger partial charge in [-0.1, -0.05) is 17.3 Å². The summed E-state index contributed by atoms with van der Waals surface area (Å²) in [6.45, 7) is 0. The number of benzene rings is 1. The highest BCUT2D eigenvalue weighted by molar-refractivity contribution is 7.92. The van der Waals surface area contributed by atoms with Crippen LogP contribution in [0.1, 0.15) is 30.0 Å². The molecular formula is C15H12N4O3S. The van der Waals surface area contributed by atoms with Gasteiger partial charge in [0.15, 0.2) is 0 Å². The Bertz CT molecular complexity index is 1040. The molecule has 0 radical (unpaired) electrons. The largest absolute Gasteiger partial charge is 0.358 e. The van der Waals surface area contributed by atoms with Crippen molar-refractivity contribution in [2.24, 2.45) is 0 Å². The molecule has 1 aliphatic carbocycles. The van der Waals surface area contributed by atoms with E-state index in [2.05, 4.69) is 20.9 Å². The number of nitrogens with one attached hydrogen (secondary N) is 2. The Morgan fingerprint density at radius 2 is 2.22 bits per heavy atom. The van der Waals surface area contributed by atoms with Gasteiger partial charge in [0, 0.05) is 23.6 Å². The number of hydrogen-bond donors (Lipinski definition) is 2. The Morgan fingerprint density at radius 1 is 1.39 bits per heavy atom. The average molecular weight is 328 g/mol. The lowest BCUT2D eigenvalue weighted by molar-refractivity contribution is 0.335. The Balaban J connectivity index is 1.71. The maximum Gasteiger partial charge on any atom is 0.298 e. The van der Waals surface area contributed by atoms with Gasteiger partial charge in [-0.3, -0.25) is 4.72 Å². The third-order valence-electron chi connectivity index (χ3n) is 3.85. The lowest BCUT2D eigenvalue weighted by Crippen LogP contribution is -2.12. The van der Waals surface area contributed by atoms with Gasteiger partial charge in [0.05, 0.1) is 22.5 Å². The summed E-state index contributed by atoms with van der Waals surface area (Å²) in [7, 11) is -3.87. The van der Waals surface area contributed by atoms with E-state index in [0.717, 1.165) is 12.8 Å². The molecule has 2 aromatic heterocycles. The zero-order chi connectivity index (χ0) is 16.0. The first-order chi connectivity index (χ1) is 11.1. The van der Waals surface area contributed by atoms with Crippen molar-refractivity contribution in [2.75, 3.05) is 4.72 Å². The molecule has 0 spiro atoms. The van der Waals surface area contributed by atoms with E-state index in [1.54, 1.807) is 24.4 Å². The Hall–Kier alpha value is -2.79. The number of para-hydroxylation sites is 1. The third kappa shape index (κ3) is 2.35. The average Bonchev–Trinajstić information content (AvgIpc) is 3.10. The molecule has 8 heteroatoms. The summed E-state index contributed by atoms with van der Waals surface area (Å²) < 4.78 is 32.4. The number of aromatic nitrogens is 2. The molecule has 0 bridgehead atoms. The molecule has 1 saturated carbocycles. The maximum absolute atomic E-state index is 12.5. The quantitative estimate of drug-likeness (QED) is 0.764. The summed E-state index contributed by atoms with van der Waals surface area (Å²) in [4.78, 5) is 2.92. The Labute approximate surface area is 132 Å². The number of rotatable bonds is 4. The lowest BCUT2D eigenvalue weighted by Gasteiger charge is -2.06. The fourth-order valence-electron chi connectivity index (χ4n) is 2.50. The summed E-state index contributed by atoms with van der Waals surface area (Å²) in [5.74, 6) is 0.313. The van der Waals surface area contributed by atoms with Gasteiger partial charge in [-0.15, -0.1) is 0 Å². The second-order valence-electron chi connectivity index (χ2n) is 5.49. The van der Waals surface area contributed by atoms with E-state index in [-0.39, 0.29) is 5.09 Å². The van der Waals surface area contributed by atoms with Gasteiger partial charge in [0.25, 0.3) is 15.1 Å². The summed E-state index contributed by atoms with van der Waals surface area (Å²) >= 11 is 0. The number of H-pyrrole nitrogens is 1. The number of nitrogens with zero attached hydrogens (tertiary/aromatic N) is 2. The minimum absolute atomic E-state index is 0.205. The molecule has 3 aromatic rings. The van der Waals surface area contributed by atoms with Gasteiger partial charge in [-0.2, -0.15) is 13.7 Å². The fourth-order valence-corrected chi connectivity index (χ4v) is 3.47. The number of fused-ring (bicyclic) bond motifs is 1. The minimum Gasteiger partial charge on any atom is -0.358 e. The van der Waals surface area contributed by atoms with E-state index in [4.69, 9.17) is 9.78 Å². The molecule has 2 heterocycles. The van der Waals surface area contributed by atoms with Gasteiger partial charge < -0.3 is 9.51 Å². The highest BCUT2D eigenvalue weighted by Crippen LogP contribution is 2.40. The summed E-state index contributed by atoms with van der Waals surface area (Å²) in [5, 5.41) is 13.3. The molecule has 7 nitrogen and oxygen atoms in total. The summed E-state index contributed by atoms with van der Waals surface area (Å²) in [6.07, 6.45) is 3.57. The van der Waals surface area contributed by atoms with Gasteiger partial charge in [-0.25, -0.2) is 0 Å². The van der Waals surface area contributed by atoms with Crippen LogP contribution in [0.25, 0.3) is 10.9 Å². The van der Waals surface area contributed by atoms with Crippen molar-refractivity contribution in [3.05, 3.63) is 41.7 Å². The van der Waals surface area contributed by atoms with Gasteiger partial charge in [0.1, 0.15) is 6.07 Å². The van der Waals surface area contributed by atoms with Crippen LogP contribution >= 0.6 is 0 Å². The number of sulfonamides is 1. The molecule has 0 atom stereocenters. The van der Waals surface area contributed by atoms with Crippen LogP contribution in [0.3, 0.4) is 0 Å². The first kappa shape index (κ1) is 13.8. The zero-order valence-electron chi connectivity index (χ0n) is 11.9. The number of anilines is 1. The first-order valence-corrected chi connectivity index (χ1v) is 8.56. The van der Waals surface area contributed by atoms with Crippen molar-refractivity contribution >= 4 is 26.6 Å². The molecule has 4 rings (SSSR count). The number of aromatic amines is 1. The van der Waals surface area contributed by atoms with Crippen LogP contribution in [-0.4, -0.2) is 18.6 Å². The predicted octanol–water partition coefficient (Wildman–Crippen LogP) is 2.71. The molecule has 23 heavy (non-hydrogen) atoms. The standard InChI is InChI=1S/C15H12N4O3S/c16-7-10-8-17-15-11(10)2-1-3-12(15)19-23(20,21)14-6-13(18-22-14)9-4-5-9/h1-3,6,8-9,17,19H,4-5H2. The van der Waals surface area contributed by atoms with E-state index in [1.165, 1.54) is 6.07 Å². The van der Waals surface area contributed by atoms with Crippen LogP contribution in [-0.2, 0) is 10.0 Å². The topological polar surface area (TPSA) is 112 Å². The molecule has 0 amide bonds. The van der Waals surface area contributed by atoms with Crippen LogP contribution in [0.4, 0.5) is 5.69 Å². The van der Waals surface area contributed by atoms with Crippen LogP contribution in [0.2, 0.25) is 0 Å². The van der Waals surface area contributed by atoms with Crippen molar-refractivity contribution in [3.63, 3.8) is 0 Å². The molecule has 0 saturated heterocycles. The summed E-state index contributed by atoms with van der Waals surface area (Å²) in [5.41, 5.74) is 2.04.